The third-order valence-corrected chi connectivity index (χ3v) is 5.88. The number of aryl methyl sites for hydroxylation is 5. The lowest BCUT2D eigenvalue weighted by molar-refractivity contribution is 0.916. The molecule has 0 amide bonds. The van der Waals surface area contributed by atoms with Gasteiger partial charge in [0.25, 0.3) is 0 Å². The lowest BCUT2D eigenvalue weighted by Gasteiger charge is -2.26. The van der Waals surface area contributed by atoms with Crippen LogP contribution in [0.4, 0.5) is 0 Å². The van der Waals surface area contributed by atoms with Crippen molar-refractivity contribution in [3.8, 4) is 34.1 Å². The van der Waals surface area contributed by atoms with E-state index in [-0.39, 0.29) is 0 Å². The lowest BCUT2D eigenvalue weighted by atomic mass is 9.78. The first-order valence-electron chi connectivity index (χ1n) is 9.54. The fraction of sp³-hybridized carbons (Fsp3) is 0.231. The highest BCUT2D eigenvalue weighted by atomic mass is 14.3. The molecular formula is C26H22. The van der Waals surface area contributed by atoms with Gasteiger partial charge in [0.05, 0.1) is 0 Å². The quantitative estimate of drug-likeness (QED) is 0.449. The van der Waals surface area contributed by atoms with E-state index in [9.17, 15) is 0 Å². The third-order valence-electron chi connectivity index (χ3n) is 5.88. The van der Waals surface area contributed by atoms with Crippen LogP contribution in [0.2, 0.25) is 0 Å². The normalized spacial score (nSPS) is 13.6. The smallest absolute Gasteiger partial charge is 0.0251 e. The van der Waals surface area contributed by atoms with Crippen molar-refractivity contribution in [1.29, 1.82) is 0 Å². The van der Waals surface area contributed by atoms with Crippen LogP contribution in [-0.2, 0) is 25.7 Å². The summed E-state index contributed by atoms with van der Waals surface area (Å²) in [5, 5.41) is 0. The molecule has 2 aliphatic rings. The predicted molar refractivity (Wildman–Crippen MR) is 109 cm³/mol. The molecule has 0 heterocycles. The number of benzene rings is 3. The Morgan fingerprint density at radius 1 is 0.615 bits per heavy atom. The van der Waals surface area contributed by atoms with E-state index in [1.165, 1.54) is 50.1 Å². The fourth-order valence-electron chi connectivity index (χ4n) is 4.57. The van der Waals surface area contributed by atoms with Crippen LogP contribution in [0.25, 0.3) is 22.3 Å². The molecule has 5 rings (SSSR count). The van der Waals surface area contributed by atoms with Crippen molar-refractivity contribution in [3.05, 3.63) is 81.9 Å². The molecule has 3 aromatic rings. The zero-order valence-corrected chi connectivity index (χ0v) is 15.4. The van der Waals surface area contributed by atoms with Crippen molar-refractivity contribution in [2.24, 2.45) is 0 Å². The molecule has 0 radical (unpaired) electrons. The predicted octanol–water partition coefficient (Wildman–Crippen LogP) is 5.90. The Balaban J connectivity index is 1.71. The second-order valence-corrected chi connectivity index (χ2v) is 7.57. The summed E-state index contributed by atoms with van der Waals surface area (Å²) in [5.41, 5.74) is 14.2. The van der Waals surface area contributed by atoms with Crippen LogP contribution in [0.3, 0.4) is 0 Å². The van der Waals surface area contributed by atoms with E-state index in [1.54, 1.807) is 0 Å². The Morgan fingerprint density at radius 2 is 1.15 bits per heavy atom. The molecule has 0 N–H and O–H groups in total. The summed E-state index contributed by atoms with van der Waals surface area (Å²) in [7, 11) is 0. The molecular weight excluding hydrogens is 312 g/mol. The highest BCUT2D eigenvalue weighted by Crippen LogP contribution is 2.41. The Kier molecular flexibility index (Phi) is 3.50. The van der Waals surface area contributed by atoms with Gasteiger partial charge < -0.3 is 0 Å². The fourth-order valence-corrected chi connectivity index (χ4v) is 4.57. The second-order valence-electron chi connectivity index (χ2n) is 7.57. The standard InChI is InChI=1S/C26H22/c1-3-4-18-6-8-20-10-12-22-15-25-21(16-26(22)24(20)14-18)11-9-19-7-5-17(2)13-23(19)25/h5-8,13-16H,9-12H2,1-2H3. The molecule has 0 spiro atoms. The Hall–Kier alpha value is -2.78. The summed E-state index contributed by atoms with van der Waals surface area (Å²) < 4.78 is 0. The van der Waals surface area contributed by atoms with Gasteiger partial charge in [-0.05, 0) is 96.2 Å². The van der Waals surface area contributed by atoms with Crippen LogP contribution < -0.4 is 0 Å². The Labute approximate surface area is 155 Å². The monoisotopic (exact) mass is 334 g/mol. The molecule has 126 valence electrons. The first-order valence-corrected chi connectivity index (χ1v) is 9.54. The van der Waals surface area contributed by atoms with Crippen molar-refractivity contribution in [1.82, 2.24) is 0 Å². The van der Waals surface area contributed by atoms with Crippen LogP contribution in [-0.4, -0.2) is 0 Å². The molecule has 0 saturated heterocycles. The van der Waals surface area contributed by atoms with Gasteiger partial charge in [-0.3, -0.25) is 0 Å². The molecule has 0 bridgehead atoms. The average molecular weight is 334 g/mol. The maximum absolute atomic E-state index is 3.22. The van der Waals surface area contributed by atoms with Gasteiger partial charge in [-0.1, -0.05) is 47.9 Å². The van der Waals surface area contributed by atoms with Crippen LogP contribution >= 0.6 is 0 Å². The highest BCUT2D eigenvalue weighted by molar-refractivity contribution is 5.82. The number of hydrogen-bond donors (Lipinski definition) is 0. The average Bonchev–Trinajstić information content (AvgIpc) is 2.66. The van der Waals surface area contributed by atoms with Crippen LogP contribution in [0.1, 0.15) is 40.3 Å². The second kappa shape index (κ2) is 5.89. The molecule has 26 heavy (non-hydrogen) atoms. The van der Waals surface area contributed by atoms with Crippen molar-refractivity contribution in [2.75, 3.05) is 0 Å². The van der Waals surface area contributed by atoms with Gasteiger partial charge in [-0.2, -0.15) is 0 Å². The van der Waals surface area contributed by atoms with Crippen LogP contribution in [0, 0.1) is 18.8 Å². The van der Waals surface area contributed by atoms with Crippen molar-refractivity contribution >= 4 is 0 Å². The van der Waals surface area contributed by atoms with E-state index in [0.29, 0.717) is 0 Å². The molecule has 0 fully saturated rings. The Morgan fingerprint density at radius 3 is 1.81 bits per heavy atom. The van der Waals surface area contributed by atoms with Gasteiger partial charge in [0.1, 0.15) is 0 Å². The number of rotatable bonds is 0. The zero-order chi connectivity index (χ0) is 17.7. The minimum Gasteiger partial charge on any atom is -0.101 e. The first kappa shape index (κ1) is 15.5. The summed E-state index contributed by atoms with van der Waals surface area (Å²) in [6.45, 7) is 4.10. The zero-order valence-electron chi connectivity index (χ0n) is 15.4. The maximum Gasteiger partial charge on any atom is 0.0251 e. The molecule has 0 aromatic heterocycles. The molecule has 0 saturated carbocycles. The van der Waals surface area contributed by atoms with Gasteiger partial charge in [-0.25, -0.2) is 0 Å². The van der Waals surface area contributed by atoms with Gasteiger partial charge in [-0.15, -0.1) is 5.92 Å². The SMILES string of the molecule is CC#Cc1ccc2c(c1)-c1cc3c(cc1CC2)-c1cc(C)ccc1CC3. The van der Waals surface area contributed by atoms with Gasteiger partial charge in [0.2, 0.25) is 0 Å². The topological polar surface area (TPSA) is 0 Å². The van der Waals surface area contributed by atoms with Crippen LogP contribution in [0.5, 0.6) is 0 Å². The van der Waals surface area contributed by atoms with E-state index in [2.05, 4.69) is 67.3 Å². The molecule has 3 aromatic carbocycles. The van der Waals surface area contributed by atoms with Gasteiger partial charge in [0.15, 0.2) is 0 Å². The first-order chi connectivity index (χ1) is 12.7. The molecule has 0 aliphatic heterocycles. The lowest BCUT2D eigenvalue weighted by Crippen LogP contribution is -2.09. The number of fused-ring (bicyclic) bond motifs is 6. The van der Waals surface area contributed by atoms with E-state index in [4.69, 9.17) is 0 Å². The van der Waals surface area contributed by atoms with E-state index >= 15 is 0 Å². The number of hydrogen-bond acceptors (Lipinski definition) is 0. The van der Waals surface area contributed by atoms with Crippen LogP contribution in [0.15, 0.2) is 48.5 Å². The maximum atomic E-state index is 3.22. The summed E-state index contributed by atoms with van der Waals surface area (Å²) in [6.07, 6.45) is 4.55. The van der Waals surface area contributed by atoms with Crippen molar-refractivity contribution in [2.45, 2.75) is 39.5 Å². The molecule has 0 atom stereocenters. The largest absolute Gasteiger partial charge is 0.101 e. The minimum absolute atomic E-state index is 1.12. The van der Waals surface area contributed by atoms with Gasteiger partial charge >= 0.3 is 0 Å². The minimum atomic E-state index is 1.12. The molecule has 0 heteroatoms. The van der Waals surface area contributed by atoms with Crippen molar-refractivity contribution in [3.63, 3.8) is 0 Å². The van der Waals surface area contributed by atoms with E-state index in [1.807, 2.05) is 6.92 Å². The van der Waals surface area contributed by atoms with Gasteiger partial charge in [0, 0.05) is 5.56 Å². The van der Waals surface area contributed by atoms with Crippen molar-refractivity contribution < 1.29 is 0 Å². The summed E-state index contributed by atoms with van der Waals surface area (Å²) >= 11 is 0. The molecule has 0 unspecified atom stereocenters. The summed E-state index contributed by atoms with van der Waals surface area (Å²) in [6, 6.07) is 18.6. The molecule has 2 aliphatic carbocycles. The summed E-state index contributed by atoms with van der Waals surface area (Å²) in [5.74, 6) is 6.25. The van der Waals surface area contributed by atoms with E-state index < -0.39 is 0 Å². The highest BCUT2D eigenvalue weighted by Gasteiger charge is 2.22. The summed E-state index contributed by atoms with van der Waals surface area (Å²) in [4.78, 5) is 0. The van der Waals surface area contributed by atoms with E-state index in [0.717, 1.165) is 31.2 Å². The Bertz CT molecular complexity index is 1100. The third kappa shape index (κ3) is 2.39. The molecule has 0 nitrogen and oxygen atoms in total.